The molecule has 1 atom stereocenters. The summed E-state index contributed by atoms with van der Waals surface area (Å²) in [6.45, 7) is 1.68. The Labute approximate surface area is 181 Å². The van der Waals surface area contributed by atoms with Crippen molar-refractivity contribution in [2.45, 2.75) is 25.6 Å². The van der Waals surface area contributed by atoms with E-state index in [9.17, 15) is 18.0 Å². The van der Waals surface area contributed by atoms with E-state index in [1.54, 1.807) is 31.2 Å². The molecular weight excluding hydrogens is 427 g/mol. The quantitative estimate of drug-likeness (QED) is 0.546. The van der Waals surface area contributed by atoms with Gasteiger partial charge >= 0.3 is 6.18 Å². The number of anilines is 1. The van der Waals surface area contributed by atoms with Crippen molar-refractivity contribution in [2.24, 2.45) is 5.10 Å². The summed E-state index contributed by atoms with van der Waals surface area (Å²) in [5.74, 6) is 0.837. The van der Waals surface area contributed by atoms with Gasteiger partial charge in [0.1, 0.15) is 29.0 Å². The highest BCUT2D eigenvalue weighted by molar-refractivity contribution is 6.01. The number of rotatable bonds is 7. The lowest BCUT2D eigenvalue weighted by molar-refractivity contribution is -0.137. The molecule has 3 heterocycles. The fraction of sp³-hybridized carbons (Fsp3) is 0.273. The number of furan rings is 2. The van der Waals surface area contributed by atoms with E-state index >= 15 is 0 Å². The fourth-order valence-electron chi connectivity index (χ4n) is 3.41. The largest absolute Gasteiger partial charge is 0.492 e. The Morgan fingerprint density at radius 2 is 2.00 bits per heavy atom. The maximum Gasteiger partial charge on any atom is 0.416 e. The number of hydrogen-bond donors (Lipinski definition) is 1. The van der Waals surface area contributed by atoms with Crippen LogP contribution in [0.3, 0.4) is 0 Å². The van der Waals surface area contributed by atoms with Gasteiger partial charge in [0.2, 0.25) is 0 Å². The van der Waals surface area contributed by atoms with Crippen molar-refractivity contribution >= 4 is 17.3 Å². The molecule has 0 fully saturated rings. The van der Waals surface area contributed by atoms with E-state index in [4.69, 9.17) is 13.6 Å². The number of benzene rings is 1. The zero-order valence-electron chi connectivity index (χ0n) is 17.1. The summed E-state index contributed by atoms with van der Waals surface area (Å²) in [5, 5.41) is 8.42. The number of alkyl halides is 3. The first-order valence-electron chi connectivity index (χ1n) is 9.91. The summed E-state index contributed by atoms with van der Waals surface area (Å²) in [7, 11) is 0. The van der Waals surface area contributed by atoms with Gasteiger partial charge in [-0.2, -0.15) is 18.3 Å². The summed E-state index contributed by atoms with van der Waals surface area (Å²) in [5.41, 5.74) is -0.207. The number of halogens is 3. The molecule has 0 spiro atoms. The molecule has 1 aliphatic rings. The van der Waals surface area contributed by atoms with E-state index < -0.39 is 23.7 Å². The molecule has 0 bridgehead atoms. The van der Waals surface area contributed by atoms with Crippen LogP contribution in [0.5, 0.6) is 5.75 Å². The van der Waals surface area contributed by atoms with Gasteiger partial charge in [0.05, 0.1) is 36.9 Å². The van der Waals surface area contributed by atoms with E-state index in [1.807, 2.05) is 0 Å². The predicted octanol–water partition coefficient (Wildman–Crippen LogP) is 5.08. The van der Waals surface area contributed by atoms with Gasteiger partial charge in [-0.1, -0.05) is 0 Å². The lowest BCUT2D eigenvalue weighted by Gasteiger charge is -2.21. The molecule has 1 aromatic carbocycles. The highest BCUT2D eigenvalue weighted by Crippen LogP contribution is 2.36. The normalized spacial score (nSPS) is 16.2. The van der Waals surface area contributed by atoms with Crippen LogP contribution in [0.15, 0.2) is 68.9 Å². The SMILES string of the molecule is CCOc1ccc(C(F)(F)F)cc1NCC(=O)N1N=C(c2ccco2)CC1c1ccco1. The Morgan fingerprint density at radius 3 is 2.66 bits per heavy atom. The van der Waals surface area contributed by atoms with Crippen molar-refractivity contribution in [3.8, 4) is 5.75 Å². The molecule has 4 rings (SSSR count). The van der Waals surface area contributed by atoms with Gasteiger partial charge in [-0.05, 0) is 49.4 Å². The van der Waals surface area contributed by atoms with E-state index in [-0.39, 0.29) is 24.6 Å². The third-order valence-electron chi connectivity index (χ3n) is 4.88. The Morgan fingerprint density at radius 1 is 1.22 bits per heavy atom. The van der Waals surface area contributed by atoms with E-state index in [0.717, 1.165) is 12.1 Å². The van der Waals surface area contributed by atoms with Gasteiger partial charge in [0.15, 0.2) is 0 Å². The zero-order chi connectivity index (χ0) is 22.7. The van der Waals surface area contributed by atoms with E-state index in [2.05, 4.69) is 10.4 Å². The van der Waals surface area contributed by atoms with Crippen LogP contribution in [0.2, 0.25) is 0 Å². The molecule has 0 aliphatic carbocycles. The highest BCUT2D eigenvalue weighted by Gasteiger charge is 2.36. The van der Waals surface area contributed by atoms with E-state index in [1.165, 1.54) is 23.6 Å². The first-order valence-corrected chi connectivity index (χ1v) is 9.91. The number of amides is 1. The Hall–Kier alpha value is -3.69. The number of ether oxygens (including phenoxy) is 1. The Kier molecular flexibility index (Phi) is 5.93. The van der Waals surface area contributed by atoms with Crippen molar-refractivity contribution in [3.63, 3.8) is 0 Å². The molecule has 10 heteroatoms. The van der Waals surface area contributed by atoms with Crippen molar-refractivity contribution in [1.29, 1.82) is 0 Å². The molecule has 1 aliphatic heterocycles. The first-order chi connectivity index (χ1) is 15.4. The number of hydrazone groups is 1. The second-order valence-corrected chi connectivity index (χ2v) is 6.99. The summed E-state index contributed by atoms with van der Waals surface area (Å²) >= 11 is 0. The average Bonchev–Trinajstić information content (AvgIpc) is 3.53. The van der Waals surface area contributed by atoms with Gasteiger partial charge in [-0.25, -0.2) is 5.01 Å². The molecule has 0 saturated carbocycles. The van der Waals surface area contributed by atoms with Gasteiger partial charge in [-0.15, -0.1) is 0 Å². The van der Waals surface area contributed by atoms with Crippen LogP contribution in [0.25, 0.3) is 0 Å². The van der Waals surface area contributed by atoms with Crippen molar-refractivity contribution in [3.05, 3.63) is 72.1 Å². The minimum Gasteiger partial charge on any atom is -0.492 e. The second-order valence-electron chi connectivity index (χ2n) is 6.99. The third kappa shape index (κ3) is 4.48. The summed E-state index contributed by atoms with van der Waals surface area (Å²) in [6.07, 6.45) is -1.14. The van der Waals surface area contributed by atoms with E-state index in [0.29, 0.717) is 23.7 Å². The van der Waals surface area contributed by atoms with Crippen molar-refractivity contribution in [1.82, 2.24) is 5.01 Å². The first kappa shape index (κ1) is 21.5. The minimum absolute atomic E-state index is 0.0685. The number of nitrogens with zero attached hydrogens (tertiary/aromatic N) is 2. The Balaban J connectivity index is 1.56. The molecular formula is C22H20F3N3O4. The summed E-state index contributed by atoms with van der Waals surface area (Å²) in [4.78, 5) is 13.0. The monoisotopic (exact) mass is 447 g/mol. The van der Waals surface area contributed by atoms with Gasteiger partial charge < -0.3 is 18.9 Å². The van der Waals surface area contributed by atoms with Crippen molar-refractivity contribution in [2.75, 3.05) is 18.5 Å². The van der Waals surface area contributed by atoms with Crippen LogP contribution in [-0.2, 0) is 11.0 Å². The minimum atomic E-state index is -4.52. The van der Waals surface area contributed by atoms with Crippen LogP contribution >= 0.6 is 0 Å². The van der Waals surface area contributed by atoms with Crippen LogP contribution in [0.1, 0.15) is 36.5 Å². The molecule has 7 nitrogen and oxygen atoms in total. The van der Waals surface area contributed by atoms with Gasteiger partial charge in [0, 0.05) is 6.42 Å². The third-order valence-corrected chi connectivity index (χ3v) is 4.88. The topological polar surface area (TPSA) is 80.2 Å². The second kappa shape index (κ2) is 8.81. The number of carbonyl (C=O) groups excluding carboxylic acids is 1. The maximum atomic E-state index is 13.1. The number of hydrogen-bond acceptors (Lipinski definition) is 6. The fourth-order valence-corrected chi connectivity index (χ4v) is 3.41. The Bertz CT molecular complexity index is 1090. The number of carbonyl (C=O) groups is 1. The molecule has 2 aromatic heterocycles. The zero-order valence-corrected chi connectivity index (χ0v) is 17.1. The van der Waals surface area contributed by atoms with Crippen molar-refractivity contribution < 1.29 is 31.5 Å². The molecule has 1 unspecified atom stereocenters. The average molecular weight is 447 g/mol. The van der Waals surface area contributed by atoms with Crippen LogP contribution in [-0.4, -0.2) is 29.8 Å². The highest BCUT2D eigenvalue weighted by atomic mass is 19.4. The summed E-state index contributed by atoms with van der Waals surface area (Å²) in [6, 6.07) is 9.49. The van der Waals surface area contributed by atoms with Crippen LogP contribution in [0.4, 0.5) is 18.9 Å². The van der Waals surface area contributed by atoms with Gasteiger partial charge in [0.25, 0.3) is 5.91 Å². The molecule has 1 N–H and O–H groups in total. The molecule has 168 valence electrons. The lowest BCUT2D eigenvalue weighted by Crippen LogP contribution is -2.32. The maximum absolute atomic E-state index is 13.1. The predicted molar refractivity (Wildman–Crippen MR) is 109 cm³/mol. The smallest absolute Gasteiger partial charge is 0.416 e. The molecule has 32 heavy (non-hydrogen) atoms. The lowest BCUT2D eigenvalue weighted by atomic mass is 10.1. The molecule has 1 amide bonds. The standard InChI is InChI=1S/C22H20F3N3O4/c1-2-30-19-8-7-14(22(23,24)25)11-15(19)26-13-21(29)28-17(20-6-4-10-32-20)12-16(27-28)18-5-3-9-31-18/h3-11,17,26H,2,12-13H2,1H3. The number of nitrogens with one attached hydrogen (secondary N) is 1. The molecule has 3 aromatic rings. The van der Waals surface area contributed by atoms with Crippen LogP contribution in [0, 0.1) is 0 Å². The molecule has 0 saturated heterocycles. The van der Waals surface area contributed by atoms with Gasteiger partial charge in [-0.3, -0.25) is 4.79 Å². The summed E-state index contributed by atoms with van der Waals surface area (Å²) < 4.78 is 55.7. The van der Waals surface area contributed by atoms with Crippen LogP contribution < -0.4 is 10.1 Å². The molecule has 0 radical (unpaired) electrons.